The molecular formula is C5H11Cl2NO4S2. The van der Waals surface area contributed by atoms with E-state index in [9.17, 15) is 9.59 Å². The minimum Gasteiger partial charge on any atom is -0.480 e. The number of carboxylic acid groups (broad SMARTS) is 1. The second-order valence-electron chi connectivity index (χ2n) is 1.77. The van der Waals surface area contributed by atoms with Gasteiger partial charge in [-0.05, 0) is 0 Å². The number of hydrogen-bond acceptors (Lipinski definition) is 6. The van der Waals surface area contributed by atoms with Crippen LogP contribution in [0.5, 0.6) is 0 Å². The van der Waals surface area contributed by atoms with E-state index in [1.807, 2.05) is 0 Å². The van der Waals surface area contributed by atoms with Gasteiger partial charge in [-0.1, -0.05) is 10.8 Å². The van der Waals surface area contributed by atoms with Gasteiger partial charge < -0.3 is 15.6 Å². The first kappa shape index (κ1) is 19.7. The lowest BCUT2D eigenvalue weighted by Gasteiger charge is -2.03. The summed E-state index contributed by atoms with van der Waals surface area (Å²) in [7, 11) is 3.15. The van der Waals surface area contributed by atoms with Crippen molar-refractivity contribution in [3.8, 4) is 0 Å². The molecule has 3 N–H and O–H groups in total. The van der Waals surface area contributed by atoms with E-state index in [0.717, 1.165) is 21.6 Å². The van der Waals surface area contributed by atoms with E-state index in [4.69, 9.17) is 10.8 Å². The number of halogens is 2. The van der Waals surface area contributed by atoms with E-state index in [1.54, 1.807) is 0 Å². The van der Waals surface area contributed by atoms with Gasteiger partial charge in [-0.3, -0.25) is 4.79 Å². The molecule has 0 aromatic heterocycles. The number of carboxylic acids is 1. The molecule has 0 radical (unpaired) electrons. The van der Waals surface area contributed by atoms with E-state index >= 15 is 0 Å². The molecule has 0 spiro atoms. The maximum Gasteiger partial charge on any atom is 0.377 e. The monoisotopic (exact) mass is 283 g/mol. The Balaban J connectivity index is -0.000000605. The Morgan fingerprint density at radius 3 is 2.36 bits per heavy atom. The van der Waals surface area contributed by atoms with Crippen LogP contribution in [0.4, 0.5) is 4.79 Å². The third kappa shape index (κ3) is 10.3. The lowest BCUT2D eigenvalue weighted by molar-refractivity contribution is -0.137. The van der Waals surface area contributed by atoms with Crippen LogP contribution in [0.3, 0.4) is 0 Å². The van der Waals surface area contributed by atoms with Gasteiger partial charge in [-0.25, -0.2) is 4.79 Å². The summed E-state index contributed by atoms with van der Waals surface area (Å²) >= 11 is 0. The smallest absolute Gasteiger partial charge is 0.377 e. The van der Waals surface area contributed by atoms with Crippen LogP contribution in [0, 0.1) is 0 Å². The number of ether oxygens (including phenoxy) is 1. The van der Waals surface area contributed by atoms with E-state index in [2.05, 4.69) is 4.74 Å². The highest BCUT2D eigenvalue weighted by atomic mass is 35.5. The van der Waals surface area contributed by atoms with E-state index < -0.39 is 17.3 Å². The minimum atomic E-state index is -1.08. The lowest BCUT2D eigenvalue weighted by atomic mass is 10.4. The third-order valence-corrected chi connectivity index (χ3v) is 2.94. The maximum absolute atomic E-state index is 10.5. The molecule has 0 aliphatic rings. The normalized spacial score (nSPS) is 10.4. The largest absolute Gasteiger partial charge is 0.480 e. The quantitative estimate of drug-likeness (QED) is 0.595. The Kier molecular flexibility index (Phi) is 15.8. The van der Waals surface area contributed by atoms with Crippen LogP contribution in [0.1, 0.15) is 0 Å². The fourth-order valence-corrected chi connectivity index (χ4v) is 1.92. The average Bonchev–Trinajstić information content (AvgIpc) is 2.03. The van der Waals surface area contributed by atoms with Gasteiger partial charge in [0, 0.05) is 16.5 Å². The molecule has 0 heterocycles. The standard InChI is InChI=1S/C5H9NO4S2.2ClH/c1-10-5(9)12-11-2-3(6)4(7)8;;/h3H,2,6H2,1H3,(H,7,8);2*1H. The third-order valence-electron chi connectivity index (χ3n) is 0.858. The Labute approximate surface area is 102 Å². The zero-order valence-corrected chi connectivity index (χ0v) is 10.4. The molecule has 0 saturated heterocycles. The number of nitrogens with two attached hydrogens (primary N) is 1. The van der Waals surface area contributed by atoms with Gasteiger partial charge >= 0.3 is 11.3 Å². The molecule has 0 bridgehead atoms. The summed E-state index contributed by atoms with van der Waals surface area (Å²) in [4.78, 5) is 20.7. The Morgan fingerprint density at radius 2 is 2.00 bits per heavy atom. The molecule has 5 nitrogen and oxygen atoms in total. The summed E-state index contributed by atoms with van der Waals surface area (Å²) in [5.74, 6) is -0.900. The van der Waals surface area contributed by atoms with Crippen molar-refractivity contribution in [2.24, 2.45) is 5.73 Å². The van der Waals surface area contributed by atoms with Gasteiger partial charge in [-0.15, -0.1) is 24.8 Å². The molecule has 0 aliphatic carbocycles. The van der Waals surface area contributed by atoms with Crippen molar-refractivity contribution in [2.75, 3.05) is 12.9 Å². The maximum atomic E-state index is 10.5. The van der Waals surface area contributed by atoms with Crippen molar-refractivity contribution in [3.63, 3.8) is 0 Å². The zero-order valence-electron chi connectivity index (χ0n) is 7.17. The van der Waals surface area contributed by atoms with Crippen LogP contribution in [0.2, 0.25) is 0 Å². The molecule has 86 valence electrons. The van der Waals surface area contributed by atoms with Gasteiger partial charge in [0.05, 0.1) is 7.11 Å². The molecule has 0 aromatic rings. The minimum absolute atomic E-state index is 0. The molecule has 14 heavy (non-hydrogen) atoms. The number of hydrogen-bond donors (Lipinski definition) is 2. The second kappa shape index (κ2) is 11.3. The predicted molar refractivity (Wildman–Crippen MR) is 62.6 cm³/mol. The Bertz CT molecular complexity index is 183. The molecule has 1 atom stereocenters. The summed E-state index contributed by atoms with van der Waals surface area (Å²) < 4.78 is 4.31. The van der Waals surface area contributed by atoms with Gasteiger partial charge in [0.15, 0.2) is 0 Å². The molecule has 0 amide bonds. The summed E-state index contributed by atoms with van der Waals surface area (Å²) in [5.41, 5.74) is 5.16. The first-order valence-corrected chi connectivity index (χ1v) is 5.25. The molecule has 0 aliphatic heterocycles. The van der Waals surface area contributed by atoms with Gasteiger partial charge in [0.2, 0.25) is 0 Å². The first-order valence-electron chi connectivity index (χ1n) is 2.93. The van der Waals surface area contributed by atoms with Crippen LogP contribution in [0.25, 0.3) is 0 Å². The summed E-state index contributed by atoms with van der Waals surface area (Å²) in [6.07, 6.45) is 0. The lowest BCUT2D eigenvalue weighted by Crippen LogP contribution is -2.32. The van der Waals surface area contributed by atoms with Crippen LogP contribution >= 0.6 is 46.4 Å². The fraction of sp³-hybridized carbons (Fsp3) is 0.600. The van der Waals surface area contributed by atoms with Crippen molar-refractivity contribution in [2.45, 2.75) is 6.04 Å². The van der Waals surface area contributed by atoms with Crippen LogP contribution in [-0.4, -0.2) is 35.3 Å². The first-order chi connectivity index (χ1) is 5.57. The van der Waals surface area contributed by atoms with Gasteiger partial charge in [-0.2, -0.15) is 0 Å². The highest BCUT2D eigenvalue weighted by molar-refractivity contribution is 8.82. The van der Waals surface area contributed by atoms with E-state index in [-0.39, 0.29) is 30.6 Å². The zero-order chi connectivity index (χ0) is 9.56. The van der Waals surface area contributed by atoms with Crippen molar-refractivity contribution < 1.29 is 19.4 Å². The molecule has 9 heteroatoms. The van der Waals surface area contributed by atoms with Gasteiger partial charge in [0.1, 0.15) is 6.04 Å². The molecule has 1 unspecified atom stereocenters. The van der Waals surface area contributed by atoms with Crippen molar-refractivity contribution in [3.05, 3.63) is 0 Å². The Morgan fingerprint density at radius 1 is 1.50 bits per heavy atom. The SMILES string of the molecule is COC(=O)SSCC(N)C(=O)O.Cl.Cl. The number of aliphatic carboxylic acids is 1. The second-order valence-corrected chi connectivity index (χ2v) is 4.04. The fourth-order valence-electron chi connectivity index (χ4n) is 0.261. The Hall–Kier alpha value is 0.180. The van der Waals surface area contributed by atoms with Gasteiger partial charge in [0.25, 0.3) is 0 Å². The molecular weight excluding hydrogens is 273 g/mol. The van der Waals surface area contributed by atoms with Crippen molar-refractivity contribution in [1.82, 2.24) is 0 Å². The highest BCUT2D eigenvalue weighted by Crippen LogP contribution is 2.23. The van der Waals surface area contributed by atoms with Crippen LogP contribution in [0.15, 0.2) is 0 Å². The van der Waals surface area contributed by atoms with Crippen molar-refractivity contribution in [1.29, 1.82) is 0 Å². The van der Waals surface area contributed by atoms with E-state index in [0.29, 0.717) is 0 Å². The summed E-state index contributed by atoms with van der Waals surface area (Å²) in [6, 6.07) is -0.938. The number of methoxy groups -OCH3 is 1. The molecule has 0 rings (SSSR count). The van der Waals surface area contributed by atoms with E-state index in [1.165, 1.54) is 7.11 Å². The highest BCUT2D eigenvalue weighted by Gasteiger charge is 2.12. The molecule has 0 saturated carbocycles. The number of carbonyl (C=O) groups is 2. The number of rotatable bonds is 4. The summed E-state index contributed by atoms with van der Waals surface area (Å²) in [5, 5.41) is 7.88. The topological polar surface area (TPSA) is 89.6 Å². The molecule has 0 fully saturated rings. The van der Waals surface area contributed by atoms with Crippen LogP contribution < -0.4 is 5.73 Å². The summed E-state index contributed by atoms with van der Waals surface area (Å²) in [6.45, 7) is 0. The van der Waals surface area contributed by atoms with Crippen LogP contribution in [-0.2, 0) is 9.53 Å². The average molecular weight is 284 g/mol. The number of carbonyl (C=O) groups excluding carboxylic acids is 1. The predicted octanol–water partition coefficient (Wildman–Crippen LogP) is 1.39. The van der Waals surface area contributed by atoms with Crippen molar-refractivity contribution >= 4 is 57.7 Å². The molecule has 0 aromatic carbocycles.